The molecule has 0 aromatic carbocycles. The molecule has 2 aromatic heterocycles. The van der Waals surface area contributed by atoms with E-state index in [1.807, 2.05) is 18.3 Å². The molecule has 1 unspecified atom stereocenters. The van der Waals surface area contributed by atoms with Crippen LogP contribution in [-0.4, -0.2) is 21.6 Å². The van der Waals surface area contributed by atoms with Crippen LogP contribution in [0.3, 0.4) is 0 Å². The average Bonchev–Trinajstić information content (AvgIpc) is 2.76. The third kappa shape index (κ3) is 2.16. The lowest BCUT2D eigenvalue weighted by molar-refractivity contribution is 0.100. The van der Waals surface area contributed by atoms with Gasteiger partial charge in [-0.1, -0.05) is 13.8 Å². The van der Waals surface area contributed by atoms with Crippen LogP contribution in [-0.2, 0) is 0 Å². The number of amides is 1. The van der Waals surface area contributed by atoms with Crippen molar-refractivity contribution >= 4 is 17.1 Å². The van der Waals surface area contributed by atoms with Crippen LogP contribution in [0.1, 0.15) is 31.1 Å². The molecule has 0 saturated heterocycles. The van der Waals surface area contributed by atoms with E-state index in [0.29, 0.717) is 11.5 Å². The van der Waals surface area contributed by atoms with Crippen LogP contribution < -0.4 is 11.1 Å². The largest absolute Gasteiger partial charge is 0.380 e. The summed E-state index contributed by atoms with van der Waals surface area (Å²) in [6.07, 6.45) is 3.34. The molecule has 0 fully saturated rings. The standard InChI is InChI=1S/C13H18N4O/c1-8(2)9(3)16-12-10(13(14)18)7-15-17-6-4-5-11(12)17/h4-9,16H,1-3H3,(H2,14,18). The molecule has 0 saturated carbocycles. The molecule has 0 radical (unpaired) electrons. The Labute approximate surface area is 106 Å². The van der Waals surface area contributed by atoms with Gasteiger partial charge in [-0.05, 0) is 25.0 Å². The van der Waals surface area contributed by atoms with Gasteiger partial charge in [-0.2, -0.15) is 5.10 Å². The third-order valence-electron chi connectivity index (χ3n) is 3.20. The molecule has 96 valence electrons. The van der Waals surface area contributed by atoms with E-state index in [1.54, 1.807) is 4.52 Å². The van der Waals surface area contributed by atoms with E-state index in [9.17, 15) is 4.79 Å². The Hall–Kier alpha value is -2.04. The first-order valence-corrected chi connectivity index (χ1v) is 6.03. The second-order valence-electron chi connectivity index (χ2n) is 4.81. The van der Waals surface area contributed by atoms with Gasteiger partial charge in [-0.15, -0.1) is 0 Å². The van der Waals surface area contributed by atoms with Gasteiger partial charge in [0.25, 0.3) is 5.91 Å². The van der Waals surface area contributed by atoms with Gasteiger partial charge < -0.3 is 11.1 Å². The Morgan fingerprint density at radius 3 is 2.78 bits per heavy atom. The van der Waals surface area contributed by atoms with Gasteiger partial charge in [0.15, 0.2) is 0 Å². The zero-order chi connectivity index (χ0) is 13.3. The highest BCUT2D eigenvalue weighted by atomic mass is 16.1. The van der Waals surface area contributed by atoms with Crippen LogP contribution in [0.4, 0.5) is 5.69 Å². The van der Waals surface area contributed by atoms with Gasteiger partial charge in [0.05, 0.1) is 23.0 Å². The molecule has 18 heavy (non-hydrogen) atoms. The second-order valence-corrected chi connectivity index (χ2v) is 4.81. The van der Waals surface area contributed by atoms with Crippen LogP contribution in [0.5, 0.6) is 0 Å². The molecule has 5 nitrogen and oxygen atoms in total. The molecule has 5 heteroatoms. The molecular weight excluding hydrogens is 228 g/mol. The van der Waals surface area contributed by atoms with Crippen molar-refractivity contribution in [1.29, 1.82) is 0 Å². The Kier molecular flexibility index (Phi) is 3.23. The quantitative estimate of drug-likeness (QED) is 0.865. The van der Waals surface area contributed by atoms with Crippen molar-refractivity contribution < 1.29 is 4.79 Å². The zero-order valence-corrected chi connectivity index (χ0v) is 10.8. The fourth-order valence-corrected chi connectivity index (χ4v) is 1.73. The summed E-state index contributed by atoms with van der Waals surface area (Å²) in [5.41, 5.74) is 7.44. The highest BCUT2D eigenvalue weighted by Crippen LogP contribution is 2.23. The van der Waals surface area contributed by atoms with Crippen LogP contribution in [0, 0.1) is 5.92 Å². The average molecular weight is 246 g/mol. The Bertz CT molecular complexity index is 573. The highest BCUT2D eigenvalue weighted by Gasteiger charge is 2.16. The van der Waals surface area contributed by atoms with Crippen molar-refractivity contribution in [2.24, 2.45) is 11.7 Å². The number of nitrogens with zero attached hydrogens (tertiary/aromatic N) is 2. The van der Waals surface area contributed by atoms with Crippen molar-refractivity contribution in [1.82, 2.24) is 9.61 Å². The van der Waals surface area contributed by atoms with Gasteiger partial charge in [0.2, 0.25) is 0 Å². The topological polar surface area (TPSA) is 72.4 Å². The summed E-state index contributed by atoms with van der Waals surface area (Å²) in [6, 6.07) is 4.04. The monoisotopic (exact) mass is 246 g/mol. The number of nitrogens with two attached hydrogens (primary N) is 1. The van der Waals surface area contributed by atoms with E-state index in [2.05, 4.69) is 31.2 Å². The number of hydrogen-bond acceptors (Lipinski definition) is 3. The number of aromatic nitrogens is 2. The number of fused-ring (bicyclic) bond motifs is 1. The lowest BCUT2D eigenvalue weighted by Crippen LogP contribution is -2.25. The minimum absolute atomic E-state index is 0.240. The summed E-state index contributed by atoms with van der Waals surface area (Å²) in [4.78, 5) is 11.5. The van der Waals surface area contributed by atoms with Crippen molar-refractivity contribution in [3.05, 3.63) is 30.1 Å². The normalized spacial score (nSPS) is 12.9. The molecule has 2 aromatic rings. The fraction of sp³-hybridized carbons (Fsp3) is 0.385. The number of primary amides is 1. The SMILES string of the molecule is CC(C)C(C)Nc1c(C(N)=O)cnn2cccc12. The number of carbonyl (C=O) groups is 1. The van der Waals surface area contributed by atoms with Gasteiger partial charge in [-0.25, -0.2) is 4.52 Å². The predicted octanol–water partition coefficient (Wildman–Crippen LogP) is 1.89. The van der Waals surface area contributed by atoms with E-state index < -0.39 is 5.91 Å². The van der Waals surface area contributed by atoms with E-state index in [4.69, 9.17) is 5.73 Å². The number of rotatable bonds is 4. The fourth-order valence-electron chi connectivity index (χ4n) is 1.73. The number of carbonyl (C=O) groups excluding carboxylic acids is 1. The molecule has 0 spiro atoms. The highest BCUT2D eigenvalue weighted by molar-refractivity contribution is 6.01. The van der Waals surface area contributed by atoms with E-state index in [1.165, 1.54) is 6.20 Å². The lowest BCUT2D eigenvalue weighted by Gasteiger charge is -2.21. The van der Waals surface area contributed by atoms with Crippen molar-refractivity contribution in [3.63, 3.8) is 0 Å². The van der Waals surface area contributed by atoms with Crippen LogP contribution in [0.2, 0.25) is 0 Å². The Morgan fingerprint density at radius 1 is 1.44 bits per heavy atom. The third-order valence-corrected chi connectivity index (χ3v) is 3.20. The number of anilines is 1. The van der Waals surface area contributed by atoms with Crippen molar-refractivity contribution in [2.75, 3.05) is 5.32 Å². The molecule has 1 atom stereocenters. The molecule has 2 heterocycles. The number of nitrogens with one attached hydrogen (secondary N) is 1. The van der Waals surface area contributed by atoms with Gasteiger partial charge in [0, 0.05) is 12.2 Å². The summed E-state index contributed by atoms with van der Waals surface area (Å²) < 4.78 is 1.72. The predicted molar refractivity (Wildman–Crippen MR) is 71.6 cm³/mol. The molecule has 0 aliphatic rings. The maximum atomic E-state index is 11.5. The maximum Gasteiger partial charge on any atom is 0.252 e. The first-order valence-electron chi connectivity index (χ1n) is 6.03. The summed E-state index contributed by atoms with van der Waals surface area (Å²) in [6.45, 7) is 6.32. The Balaban J connectivity index is 2.53. The summed E-state index contributed by atoms with van der Waals surface area (Å²) in [5.74, 6) is -0.0152. The summed E-state index contributed by atoms with van der Waals surface area (Å²) in [7, 11) is 0. The first-order chi connectivity index (χ1) is 8.50. The summed E-state index contributed by atoms with van der Waals surface area (Å²) >= 11 is 0. The van der Waals surface area contributed by atoms with Crippen LogP contribution in [0.25, 0.3) is 5.52 Å². The van der Waals surface area contributed by atoms with Gasteiger partial charge >= 0.3 is 0 Å². The first kappa shape index (κ1) is 12.4. The molecule has 1 amide bonds. The van der Waals surface area contributed by atoms with Crippen molar-refractivity contribution in [3.8, 4) is 0 Å². The van der Waals surface area contributed by atoms with Crippen LogP contribution in [0.15, 0.2) is 24.5 Å². The smallest absolute Gasteiger partial charge is 0.252 e. The molecule has 0 aliphatic heterocycles. The van der Waals surface area contributed by atoms with E-state index >= 15 is 0 Å². The molecule has 0 bridgehead atoms. The van der Waals surface area contributed by atoms with E-state index in [-0.39, 0.29) is 6.04 Å². The minimum atomic E-state index is -0.468. The second kappa shape index (κ2) is 4.68. The van der Waals surface area contributed by atoms with Crippen LogP contribution >= 0.6 is 0 Å². The number of hydrogen-bond donors (Lipinski definition) is 2. The summed E-state index contributed by atoms with van der Waals surface area (Å²) in [5, 5.41) is 7.51. The molecule has 2 rings (SSSR count). The zero-order valence-electron chi connectivity index (χ0n) is 10.8. The molecular formula is C13H18N4O. The minimum Gasteiger partial charge on any atom is -0.380 e. The van der Waals surface area contributed by atoms with Gasteiger partial charge in [-0.3, -0.25) is 4.79 Å². The maximum absolute atomic E-state index is 11.5. The van der Waals surface area contributed by atoms with Gasteiger partial charge in [0.1, 0.15) is 0 Å². The lowest BCUT2D eigenvalue weighted by atomic mass is 10.1. The van der Waals surface area contributed by atoms with Crippen molar-refractivity contribution in [2.45, 2.75) is 26.8 Å². The Morgan fingerprint density at radius 2 is 2.17 bits per heavy atom. The molecule has 0 aliphatic carbocycles. The van der Waals surface area contributed by atoms with E-state index in [0.717, 1.165) is 11.2 Å². The molecule has 3 N–H and O–H groups in total.